The van der Waals surface area contributed by atoms with Crippen molar-refractivity contribution in [3.05, 3.63) is 79.9 Å². The fourth-order valence-electron chi connectivity index (χ4n) is 5.12. The molecule has 0 heterocycles. The first-order valence-corrected chi connectivity index (χ1v) is 15.3. The first-order chi connectivity index (χ1) is 20.0. The Morgan fingerprint density at radius 3 is 1.32 bits per heavy atom. The van der Waals surface area contributed by atoms with E-state index in [1.807, 2.05) is 0 Å². The van der Waals surface area contributed by atoms with Crippen LogP contribution in [0.1, 0.15) is 126 Å². The van der Waals surface area contributed by atoms with Crippen molar-refractivity contribution in [3.63, 3.8) is 0 Å². The van der Waals surface area contributed by atoms with Gasteiger partial charge in [-0.1, -0.05) is 114 Å². The molecule has 0 aliphatic carbocycles. The minimum absolute atomic E-state index is 0.110. The molecule has 0 unspecified atom stereocenters. The van der Waals surface area contributed by atoms with Crippen LogP contribution in [-0.2, 0) is 9.53 Å². The normalized spacial score (nSPS) is 11.1. The third-order valence-electron chi connectivity index (χ3n) is 7.42. The van der Waals surface area contributed by atoms with E-state index in [4.69, 9.17) is 10.5 Å². The van der Waals surface area contributed by atoms with Gasteiger partial charge in [-0.25, -0.2) is 0 Å². The summed E-state index contributed by atoms with van der Waals surface area (Å²) in [5.74, 6) is -0.526. The number of nitrogens with zero attached hydrogens (tertiary/aromatic N) is 2. The van der Waals surface area contributed by atoms with E-state index < -0.39 is 21.9 Å². The summed E-state index contributed by atoms with van der Waals surface area (Å²) in [6.45, 7) is 0.811. The lowest BCUT2D eigenvalue weighted by Crippen LogP contribution is -2.15. The zero-order valence-corrected chi connectivity index (χ0v) is 24.3. The Bertz CT molecular complexity index is 1000. The van der Waals surface area contributed by atoms with Crippen LogP contribution in [-0.4, -0.2) is 22.4 Å². The van der Waals surface area contributed by atoms with Crippen molar-refractivity contribution in [1.29, 1.82) is 0 Å². The Morgan fingerprint density at radius 1 is 0.610 bits per heavy atom. The molecular formula is C32H47N3O6. The lowest BCUT2D eigenvalue weighted by atomic mass is 9.98. The fourth-order valence-corrected chi connectivity index (χ4v) is 5.12. The van der Waals surface area contributed by atoms with Crippen LogP contribution >= 0.6 is 0 Å². The van der Waals surface area contributed by atoms with Crippen LogP contribution in [0.25, 0.3) is 0 Å². The molecule has 0 radical (unpaired) electrons. The number of carbonyl (C=O) groups is 1. The standard InChI is InChI=1S/C32H47N3O6/c33-26-20-14-12-10-8-6-4-2-1-3-5-7-9-11-13-15-25-31(36)41-32(27-21-16-18-23-29(27)34(37)38)28-22-17-19-24-30(28)35(39)40/h16-19,21-24,32H,1-15,20,25-26,33H2. The third-order valence-corrected chi connectivity index (χ3v) is 7.42. The monoisotopic (exact) mass is 569 g/mol. The number of esters is 1. The lowest BCUT2D eigenvalue weighted by molar-refractivity contribution is -0.387. The van der Waals surface area contributed by atoms with Crippen LogP contribution in [0.15, 0.2) is 48.5 Å². The maximum Gasteiger partial charge on any atom is 0.306 e. The van der Waals surface area contributed by atoms with Gasteiger partial charge in [0.05, 0.1) is 21.0 Å². The number of carbonyl (C=O) groups excluding carboxylic acids is 1. The number of nitro benzene ring substituents is 2. The van der Waals surface area contributed by atoms with E-state index in [1.165, 1.54) is 107 Å². The van der Waals surface area contributed by atoms with Crippen LogP contribution in [0.2, 0.25) is 0 Å². The smallest absolute Gasteiger partial charge is 0.306 e. The molecule has 0 aliphatic heterocycles. The topological polar surface area (TPSA) is 139 Å². The molecule has 0 amide bonds. The van der Waals surface area contributed by atoms with Gasteiger partial charge in [0.1, 0.15) is 0 Å². The fraction of sp³-hybridized carbons (Fsp3) is 0.594. The Labute approximate surface area is 244 Å². The van der Waals surface area contributed by atoms with Crippen molar-refractivity contribution in [2.45, 2.75) is 115 Å². The van der Waals surface area contributed by atoms with Gasteiger partial charge in [-0.2, -0.15) is 0 Å². The van der Waals surface area contributed by atoms with Crippen molar-refractivity contribution in [2.24, 2.45) is 5.73 Å². The van der Waals surface area contributed by atoms with E-state index in [-0.39, 0.29) is 28.9 Å². The van der Waals surface area contributed by atoms with Crippen molar-refractivity contribution in [3.8, 4) is 0 Å². The maximum absolute atomic E-state index is 12.8. The van der Waals surface area contributed by atoms with Gasteiger partial charge in [-0.15, -0.1) is 0 Å². The molecule has 2 N–H and O–H groups in total. The largest absolute Gasteiger partial charge is 0.452 e. The number of hydrogen-bond acceptors (Lipinski definition) is 7. The molecule has 9 heteroatoms. The summed E-state index contributed by atoms with van der Waals surface area (Å²) in [7, 11) is 0. The van der Waals surface area contributed by atoms with Gasteiger partial charge in [-0.05, 0) is 31.5 Å². The minimum atomic E-state index is -1.24. The van der Waals surface area contributed by atoms with E-state index in [0.717, 1.165) is 32.2 Å². The molecule has 226 valence electrons. The maximum atomic E-state index is 12.8. The second-order valence-electron chi connectivity index (χ2n) is 10.7. The quantitative estimate of drug-likeness (QED) is 0.0611. The molecule has 0 aromatic heterocycles. The summed E-state index contributed by atoms with van der Waals surface area (Å²) in [5.41, 5.74) is 5.24. The highest BCUT2D eigenvalue weighted by atomic mass is 16.6. The van der Waals surface area contributed by atoms with Gasteiger partial charge in [0, 0.05) is 18.6 Å². The first kappa shape index (κ1) is 33.9. The number of benzene rings is 2. The Morgan fingerprint density at radius 2 is 0.951 bits per heavy atom. The van der Waals surface area contributed by atoms with Crippen LogP contribution in [0.3, 0.4) is 0 Å². The van der Waals surface area contributed by atoms with Gasteiger partial charge in [0.2, 0.25) is 0 Å². The molecule has 0 bridgehead atoms. The summed E-state index contributed by atoms with van der Waals surface area (Å²) in [5, 5.41) is 23.3. The predicted molar refractivity (Wildman–Crippen MR) is 162 cm³/mol. The van der Waals surface area contributed by atoms with Crippen LogP contribution in [0, 0.1) is 20.2 Å². The average molecular weight is 570 g/mol. The molecular weight excluding hydrogens is 522 g/mol. The van der Waals surface area contributed by atoms with Gasteiger partial charge in [-0.3, -0.25) is 25.0 Å². The van der Waals surface area contributed by atoms with Crippen molar-refractivity contribution in [2.75, 3.05) is 6.54 Å². The van der Waals surface area contributed by atoms with Crippen molar-refractivity contribution < 1.29 is 19.4 Å². The summed E-state index contributed by atoms with van der Waals surface area (Å²) >= 11 is 0. The number of hydrogen-bond donors (Lipinski definition) is 1. The van der Waals surface area contributed by atoms with Gasteiger partial charge in [0.15, 0.2) is 6.10 Å². The van der Waals surface area contributed by atoms with E-state index in [9.17, 15) is 25.0 Å². The Balaban J connectivity index is 1.69. The highest BCUT2D eigenvalue weighted by molar-refractivity contribution is 5.70. The Hall–Kier alpha value is -3.33. The average Bonchev–Trinajstić information content (AvgIpc) is 2.97. The molecule has 0 aliphatic rings. The number of nitrogens with two attached hydrogens (primary N) is 1. The highest BCUT2D eigenvalue weighted by Crippen LogP contribution is 2.37. The summed E-state index contributed by atoms with van der Waals surface area (Å²) in [6, 6.07) is 11.7. The van der Waals surface area contributed by atoms with Crippen LogP contribution in [0.5, 0.6) is 0 Å². The molecule has 0 atom stereocenters. The number of rotatable bonds is 23. The van der Waals surface area contributed by atoms with Crippen LogP contribution < -0.4 is 5.73 Å². The highest BCUT2D eigenvalue weighted by Gasteiger charge is 2.31. The number of nitro groups is 2. The molecule has 41 heavy (non-hydrogen) atoms. The molecule has 0 saturated carbocycles. The number of unbranched alkanes of at least 4 members (excludes halogenated alkanes) is 15. The summed E-state index contributed by atoms with van der Waals surface area (Å²) in [6.07, 6.45) is 18.1. The molecule has 2 rings (SSSR count). The minimum Gasteiger partial charge on any atom is -0.452 e. The van der Waals surface area contributed by atoms with E-state index in [1.54, 1.807) is 12.1 Å². The van der Waals surface area contributed by atoms with Gasteiger partial charge < -0.3 is 10.5 Å². The summed E-state index contributed by atoms with van der Waals surface area (Å²) < 4.78 is 5.68. The molecule has 2 aromatic carbocycles. The van der Waals surface area contributed by atoms with Crippen molar-refractivity contribution in [1.82, 2.24) is 0 Å². The van der Waals surface area contributed by atoms with E-state index in [0.29, 0.717) is 6.42 Å². The second-order valence-corrected chi connectivity index (χ2v) is 10.7. The van der Waals surface area contributed by atoms with E-state index in [2.05, 4.69) is 0 Å². The zero-order valence-electron chi connectivity index (χ0n) is 24.3. The number of ether oxygens (including phenoxy) is 1. The lowest BCUT2D eigenvalue weighted by Gasteiger charge is -2.19. The third kappa shape index (κ3) is 13.3. The Kier molecular flexibility index (Phi) is 17.0. The van der Waals surface area contributed by atoms with Crippen molar-refractivity contribution >= 4 is 17.3 Å². The summed E-state index contributed by atoms with van der Waals surface area (Å²) in [4.78, 5) is 34.9. The molecule has 2 aromatic rings. The molecule has 0 saturated heterocycles. The SMILES string of the molecule is NCCCCCCCCCCCCCCCCCCC(=O)OC(c1ccccc1[N+](=O)[O-])c1ccccc1[N+](=O)[O-]. The van der Waals surface area contributed by atoms with Gasteiger partial charge >= 0.3 is 5.97 Å². The molecule has 9 nitrogen and oxygen atoms in total. The predicted octanol–water partition coefficient (Wildman–Crippen LogP) is 8.73. The molecule has 0 spiro atoms. The number of para-hydroxylation sites is 2. The first-order valence-electron chi connectivity index (χ1n) is 15.3. The van der Waals surface area contributed by atoms with E-state index >= 15 is 0 Å². The van der Waals surface area contributed by atoms with Crippen LogP contribution in [0.4, 0.5) is 11.4 Å². The second kappa shape index (κ2) is 20.5. The van der Waals surface area contributed by atoms with Gasteiger partial charge in [0.25, 0.3) is 11.4 Å². The molecule has 0 fully saturated rings. The zero-order chi connectivity index (χ0) is 29.7.